The Morgan fingerprint density at radius 3 is 1.52 bits per heavy atom. The molecule has 0 amide bonds. The smallest absolute Gasteiger partial charge is 0.0602 e. The van der Waals surface area contributed by atoms with Crippen LogP contribution in [0.15, 0.2) is 97.6 Å². The Kier molecular flexibility index (Phi) is 12.5. The summed E-state index contributed by atoms with van der Waals surface area (Å²) in [6.07, 6.45) is 14.2. The molecule has 4 nitrogen and oxygen atoms in total. The number of rotatable bonds is 9. The van der Waals surface area contributed by atoms with Gasteiger partial charge in [-0.05, 0) is 75.3 Å². The standard InChI is InChI=1S/C23H27N2.C18H17N2.Ir/c1-4-5-6-8-11-20-16-18(2)22(19(3)17-20)25-15-14-24-23(25)21-12-9-7-10-13-21;1-13-11-14(2)17(15(3)12-13)20-10-9-19-18(20)16-7-5-4-6-8-16;/h7,9-10,12,14-17H,4-6,8,11H2,1-3H3;4-7,9-12H,1-3H3;/q2*-1;. The van der Waals surface area contributed by atoms with Crippen molar-refractivity contribution in [3.05, 3.63) is 143 Å². The van der Waals surface area contributed by atoms with Gasteiger partial charge in [0, 0.05) is 56.3 Å². The van der Waals surface area contributed by atoms with Crippen LogP contribution in [-0.2, 0) is 26.5 Å². The van der Waals surface area contributed by atoms with Crippen molar-refractivity contribution in [3.8, 4) is 34.2 Å². The van der Waals surface area contributed by atoms with Crippen LogP contribution in [0.2, 0.25) is 0 Å². The van der Waals surface area contributed by atoms with Gasteiger partial charge in [0.1, 0.15) is 0 Å². The average Bonchev–Trinajstić information content (AvgIpc) is 3.71. The molecule has 0 saturated heterocycles. The van der Waals surface area contributed by atoms with Crippen LogP contribution in [-0.4, -0.2) is 19.1 Å². The molecule has 0 aliphatic rings. The van der Waals surface area contributed by atoms with Gasteiger partial charge in [-0.3, -0.25) is 9.97 Å². The van der Waals surface area contributed by atoms with Crippen molar-refractivity contribution < 1.29 is 20.1 Å². The largest absolute Gasteiger partial charge is 0.340 e. The van der Waals surface area contributed by atoms with E-state index in [2.05, 4.69) is 103 Å². The first-order valence-electron chi connectivity index (χ1n) is 16.1. The molecule has 0 aliphatic carbocycles. The Labute approximate surface area is 288 Å². The van der Waals surface area contributed by atoms with Crippen molar-refractivity contribution in [1.82, 2.24) is 19.1 Å². The van der Waals surface area contributed by atoms with Crippen LogP contribution < -0.4 is 0 Å². The number of aryl methyl sites for hydroxylation is 6. The first-order valence-corrected chi connectivity index (χ1v) is 16.1. The summed E-state index contributed by atoms with van der Waals surface area (Å²) in [5, 5.41) is 0. The zero-order valence-corrected chi connectivity index (χ0v) is 30.3. The molecular weight excluding hydrogens is 741 g/mol. The van der Waals surface area contributed by atoms with Crippen LogP contribution in [0.3, 0.4) is 0 Å². The number of hydrogen-bond donors (Lipinski definition) is 0. The van der Waals surface area contributed by atoms with Crippen molar-refractivity contribution in [2.24, 2.45) is 0 Å². The number of unbranched alkanes of at least 4 members (excludes halogenated alkanes) is 3. The SMILES string of the molecule is CCCCCCc1cc(C)c(-n2ccnc2-c2[c-]cccc2)c(C)c1.Cc1cc(C)c(-n2ccnc2-c2[c-]cccc2)c(C)c1.[Ir]. The van der Waals surface area contributed by atoms with Gasteiger partial charge in [0.15, 0.2) is 0 Å². The van der Waals surface area contributed by atoms with Crippen molar-refractivity contribution in [1.29, 1.82) is 0 Å². The number of nitrogens with zero attached hydrogens (tertiary/aromatic N) is 4. The third-order valence-electron chi connectivity index (χ3n) is 8.17. The predicted molar refractivity (Wildman–Crippen MR) is 187 cm³/mol. The third kappa shape index (κ3) is 8.20. The molecule has 6 aromatic rings. The van der Waals surface area contributed by atoms with Gasteiger partial charge in [-0.25, -0.2) is 0 Å². The summed E-state index contributed by atoms with van der Waals surface area (Å²) in [5.74, 6) is 1.88. The minimum atomic E-state index is 0. The normalized spacial score (nSPS) is 10.7. The van der Waals surface area contributed by atoms with Crippen molar-refractivity contribution >= 4 is 0 Å². The molecule has 2 heterocycles. The molecule has 0 saturated carbocycles. The topological polar surface area (TPSA) is 35.6 Å². The van der Waals surface area contributed by atoms with Crippen LogP contribution >= 0.6 is 0 Å². The molecule has 0 N–H and O–H groups in total. The van der Waals surface area contributed by atoms with E-state index in [1.165, 1.54) is 76.9 Å². The number of imidazole rings is 2. The Bertz CT molecular complexity index is 1790. The maximum absolute atomic E-state index is 4.57. The van der Waals surface area contributed by atoms with E-state index >= 15 is 0 Å². The van der Waals surface area contributed by atoms with Gasteiger partial charge in [-0.2, -0.15) is 0 Å². The summed E-state index contributed by atoms with van der Waals surface area (Å²) >= 11 is 0. The van der Waals surface area contributed by atoms with E-state index in [-0.39, 0.29) is 20.1 Å². The summed E-state index contributed by atoms with van der Waals surface area (Å²) in [6, 6.07) is 31.6. The first kappa shape index (κ1) is 34.8. The summed E-state index contributed by atoms with van der Waals surface area (Å²) in [5.41, 5.74) is 12.4. The molecule has 0 spiro atoms. The van der Waals surface area contributed by atoms with E-state index < -0.39 is 0 Å². The Morgan fingerprint density at radius 2 is 1.09 bits per heavy atom. The molecule has 2 aromatic heterocycles. The molecule has 5 heteroatoms. The van der Waals surface area contributed by atoms with E-state index in [4.69, 9.17) is 0 Å². The number of benzene rings is 4. The molecule has 4 aromatic carbocycles. The predicted octanol–water partition coefficient (Wildman–Crippen LogP) is 10.3. The zero-order chi connectivity index (χ0) is 31.8. The van der Waals surface area contributed by atoms with E-state index in [0.29, 0.717) is 0 Å². The van der Waals surface area contributed by atoms with E-state index in [0.717, 1.165) is 22.8 Å². The molecular formula is C41H44IrN4-2. The van der Waals surface area contributed by atoms with Crippen LogP contribution in [0.4, 0.5) is 0 Å². The average molecular weight is 785 g/mol. The number of hydrogen-bond acceptors (Lipinski definition) is 2. The number of aromatic nitrogens is 4. The Balaban J connectivity index is 0.000000209. The van der Waals surface area contributed by atoms with E-state index in [9.17, 15) is 0 Å². The second-order valence-electron chi connectivity index (χ2n) is 11.9. The fourth-order valence-electron chi connectivity index (χ4n) is 6.31. The fourth-order valence-corrected chi connectivity index (χ4v) is 6.31. The summed E-state index contributed by atoms with van der Waals surface area (Å²) in [7, 11) is 0. The summed E-state index contributed by atoms with van der Waals surface area (Å²) in [6.45, 7) is 13.1. The van der Waals surface area contributed by atoms with Gasteiger partial charge < -0.3 is 9.13 Å². The Hall–Kier alpha value is -4.05. The van der Waals surface area contributed by atoms with Crippen LogP contribution in [0, 0.1) is 46.8 Å². The Morgan fingerprint density at radius 1 is 0.609 bits per heavy atom. The summed E-state index contributed by atoms with van der Waals surface area (Å²) < 4.78 is 4.34. The molecule has 0 bridgehead atoms. The van der Waals surface area contributed by atoms with E-state index in [1.54, 1.807) is 0 Å². The van der Waals surface area contributed by atoms with Gasteiger partial charge in [0.05, 0.1) is 11.6 Å². The fraction of sp³-hybridized carbons (Fsp3) is 0.268. The van der Waals surface area contributed by atoms with Gasteiger partial charge in [-0.15, -0.1) is 71.8 Å². The van der Waals surface area contributed by atoms with Crippen molar-refractivity contribution in [3.63, 3.8) is 0 Å². The van der Waals surface area contributed by atoms with Crippen LogP contribution in [0.5, 0.6) is 0 Å². The molecule has 239 valence electrons. The van der Waals surface area contributed by atoms with Crippen molar-refractivity contribution in [2.75, 3.05) is 0 Å². The molecule has 0 atom stereocenters. The maximum Gasteiger partial charge on any atom is 0.0602 e. The zero-order valence-electron chi connectivity index (χ0n) is 27.9. The molecule has 0 fully saturated rings. The maximum atomic E-state index is 4.57. The minimum absolute atomic E-state index is 0. The molecule has 0 unspecified atom stereocenters. The van der Waals surface area contributed by atoms with Gasteiger partial charge >= 0.3 is 0 Å². The monoisotopic (exact) mass is 785 g/mol. The van der Waals surface area contributed by atoms with Crippen molar-refractivity contribution in [2.45, 2.75) is 73.6 Å². The van der Waals surface area contributed by atoms with E-state index in [1.807, 2.05) is 67.3 Å². The second kappa shape index (κ2) is 16.5. The minimum Gasteiger partial charge on any atom is -0.340 e. The van der Waals surface area contributed by atoms with Gasteiger partial charge in [0.2, 0.25) is 0 Å². The molecule has 46 heavy (non-hydrogen) atoms. The van der Waals surface area contributed by atoms with Gasteiger partial charge in [0.25, 0.3) is 0 Å². The van der Waals surface area contributed by atoms with Crippen LogP contribution in [0.25, 0.3) is 34.2 Å². The van der Waals surface area contributed by atoms with Crippen LogP contribution in [0.1, 0.15) is 66.0 Å². The molecule has 6 rings (SSSR count). The quantitative estimate of drug-likeness (QED) is 0.108. The third-order valence-corrected chi connectivity index (χ3v) is 8.17. The summed E-state index contributed by atoms with van der Waals surface area (Å²) in [4.78, 5) is 9.07. The second-order valence-corrected chi connectivity index (χ2v) is 11.9. The molecule has 1 radical (unpaired) electrons. The first-order chi connectivity index (χ1) is 21.9. The van der Waals surface area contributed by atoms with Gasteiger partial charge in [-0.1, -0.05) is 56.0 Å². The molecule has 0 aliphatic heterocycles.